The first kappa shape index (κ1) is 14.6. The Balaban J connectivity index is 1.49. The Hall–Kier alpha value is -1.36. The third-order valence-electron chi connectivity index (χ3n) is 3.62. The zero-order chi connectivity index (χ0) is 14.5. The summed E-state index contributed by atoms with van der Waals surface area (Å²) in [6.45, 7) is 5.55. The highest BCUT2D eigenvalue weighted by molar-refractivity contribution is 6.29. The summed E-state index contributed by atoms with van der Waals surface area (Å²) in [6.07, 6.45) is 1.02. The molecule has 2 heterocycles. The molecule has 0 aliphatic carbocycles. The zero-order valence-electron chi connectivity index (χ0n) is 11.9. The molecule has 1 aromatic carbocycles. The topological polar surface area (TPSA) is 34.6 Å². The minimum absolute atomic E-state index is 0.515. The van der Waals surface area contributed by atoms with E-state index in [0.29, 0.717) is 5.15 Å². The van der Waals surface area contributed by atoms with Crippen LogP contribution in [0.15, 0.2) is 30.3 Å². The predicted octanol–water partition coefficient (Wildman–Crippen LogP) is 2.99. The first-order chi connectivity index (χ1) is 10.3. The van der Waals surface area contributed by atoms with Crippen LogP contribution in [0, 0.1) is 0 Å². The molecule has 0 amide bonds. The molecular weight excluding hydrogens is 288 g/mol. The Morgan fingerprint density at radius 2 is 2.05 bits per heavy atom. The van der Waals surface area contributed by atoms with E-state index in [4.69, 9.17) is 21.1 Å². The number of hydrogen-bond acceptors (Lipinski definition) is 4. The van der Waals surface area contributed by atoms with Gasteiger partial charge in [0.15, 0.2) is 0 Å². The average Bonchev–Trinajstić information content (AvgIpc) is 2.52. The van der Waals surface area contributed by atoms with Crippen LogP contribution >= 0.6 is 11.6 Å². The van der Waals surface area contributed by atoms with Crippen molar-refractivity contribution in [2.24, 2.45) is 0 Å². The van der Waals surface area contributed by atoms with Gasteiger partial charge >= 0.3 is 0 Å². The highest BCUT2D eigenvalue weighted by atomic mass is 35.5. The number of aromatic nitrogens is 1. The van der Waals surface area contributed by atoms with Gasteiger partial charge in [0.1, 0.15) is 10.9 Å². The van der Waals surface area contributed by atoms with Gasteiger partial charge in [0.2, 0.25) is 0 Å². The van der Waals surface area contributed by atoms with Crippen LogP contribution in [-0.4, -0.2) is 49.3 Å². The molecule has 3 rings (SSSR count). The molecule has 1 aromatic heterocycles. The molecule has 5 heteroatoms. The maximum Gasteiger partial charge on any atom is 0.129 e. The molecule has 1 aliphatic heterocycles. The molecule has 1 saturated heterocycles. The van der Waals surface area contributed by atoms with E-state index in [2.05, 4.69) is 9.88 Å². The second-order valence-electron chi connectivity index (χ2n) is 5.14. The molecule has 0 unspecified atom stereocenters. The number of morpholine rings is 1. The Morgan fingerprint density at radius 3 is 2.90 bits per heavy atom. The van der Waals surface area contributed by atoms with Crippen LogP contribution in [0.5, 0.6) is 5.75 Å². The molecule has 0 atom stereocenters. The molecular formula is C16H19ClN2O2. The Labute approximate surface area is 129 Å². The molecule has 0 N–H and O–H groups in total. The van der Waals surface area contributed by atoms with Crippen LogP contribution in [0.1, 0.15) is 6.42 Å². The molecule has 4 nitrogen and oxygen atoms in total. The van der Waals surface area contributed by atoms with E-state index >= 15 is 0 Å². The normalized spacial score (nSPS) is 16.2. The minimum atomic E-state index is 0.515. The van der Waals surface area contributed by atoms with E-state index in [0.717, 1.165) is 62.5 Å². The largest absolute Gasteiger partial charge is 0.494 e. The van der Waals surface area contributed by atoms with Crippen molar-refractivity contribution in [2.45, 2.75) is 6.42 Å². The van der Waals surface area contributed by atoms with Crippen LogP contribution in [0.3, 0.4) is 0 Å². The van der Waals surface area contributed by atoms with E-state index in [-0.39, 0.29) is 0 Å². The summed E-state index contributed by atoms with van der Waals surface area (Å²) in [7, 11) is 0. The summed E-state index contributed by atoms with van der Waals surface area (Å²) in [4.78, 5) is 6.68. The van der Waals surface area contributed by atoms with Crippen molar-refractivity contribution in [3.05, 3.63) is 35.5 Å². The van der Waals surface area contributed by atoms with E-state index in [1.807, 2.05) is 24.3 Å². The fourth-order valence-corrected chi connectivity index (χ4v) is 2.63. The molecule has 2 aromatic rings. The van der Waals surface area contributed by atoms with Crippen molar-refractivity contribution >= 4 is 22.5 Å². The lowest BCUT2D eigenvalue weighted by atomic mass is 10.2. The molecule has 0 radical (unpaired) electrons. The van der Waals surface area contributed by atoms with Gasteiger partial charge in [0.05, 0.1) is 25.3 Å². The van der Waals surface area contributed by atoms with Crippen LogP contribution in [0.25, 0.3) is 10.9 Å². The third-order valence-corrected chi connectivity index (χ3v) is 3.83. The van der Waals surface area contributed by atoms with Gasteiger partial charge in [-0.25, -0.2) is 4.98 Å². The Kier molecular flexibility index (Phi) is 4.91. The summed E-state index contributed by atoms with van der Waals surface area (Å²) in [5.41, 5.74) is 0.892. The van der Waals surface area contributed by atoms with Crippen LogP contribution in [0.4, 0.5) is 0 Å². The van der Waals surface area contributed by atoms with Crippen molar-refractivity contribution in [2.75, 3.05) is 39.5 Å². The number of ether oxygens (including phenoxy) is 2. The quantitative estimate of drug-likeness (QED) is 0.628. The monoisotopic (exact) mass is 306 g/mol. The van der Waals surface area contributed by atoms with Crippen molar-refractivity contribution in [1.82, 2.24) is 9.88 Å². The molecule has 0 bridgehead atoms. The fourth-order valence-electron chi connectivity index (χ4n) is 2.47. The minimum Gasteiger partial charge on any atom is -0.494 e. The van der Waals surface area contributed by atoms with Crippen molar-refractivity contribution in [1.29, 1.82) is 0 Å². The fraction of sp³-hybridized carbons (Fsp3) is 0.438. The first-order valence-electron chi connectivity index (χ1n) is 7.30. The van der Waals surface area contributed by atoms with Gasteiger partial charge in [-0.15, -0.1) is 0 Å². The van der Waals surface area contributed by atoms with Gasteiger partial charge in [0, 0.05) is 25.0 Å². The lowest BCUT2D eigenvalue weighted by Crippen LogP contribution is -2.37. The highest BCUT2D eigenvalue weighted by Gasteiger charge is 2.09. The molecule has 21 heavy (non-hydrogen) atoms. The third kappa shape index (κ3) is 4.06. The summed E-state index contributed by atoms with van der Waals surface area (Å²) < 4.78 is 11.2. The lowest BCUT2D eigenvalue weighted by molar-refractivity contribution is 0.0358. The van der Waals surface area contributed by atoms with Crippen LogP contribution in [-0.2, 0) is 4.74 Å². The van der Waals surface area contributed by atoms with Crippen molar-refractivity contribution < 1.29 is 9.47 Å². The molecule has 1 fully saturated rings. The Morgan fingerprint density at radius 1 is 1.19 bits per heavy atom. The van der Waals surface area contributed by atoms with E-state index in [1.165, 1.54) is 0 Å². The second kappa shape index (κ2) is 7.07. The first-order valence-corrected chi connectivity index (χ1v) is 7.68. The molecule has 1 aliphatic rings. The number of pyridine rings is 1. The standard InChI is InChI=1S/C16H19ClN2O2/c17-16-5-2-13-12-14(3-4-15(13)18-16)21-9-1-6-19-7-10-20-11-8-19/h2-5,12H,1,6-11H2. The van der Waals surface area contributed by atoms with Gasteiger partial charge in [-0.05, 0) is 36.8 Å². The number of fused-ring (bicyclic) bond motifs is 1. The molecule has 112 valence electrons. The zero-order valence-corrected chi connectivity index (χ0v) is 12.7. The maximum atomic E-state index is 5.88. The lowest BCUT2D eigenvalue weighted by Gasteiger charge is -2.26. The second-order valence-corrected chi connectivity index (χ2v) is 5.53. The van der Waals surface area contributed by atoms with Gasteiger partial charge in [-0.2, -0.15) is 0 Å². The van der Waals surface area contributed by atoms with Crippen LogP contribution in [0.2, 0.25) is 5.15 Å². The van der Waals surface area contributed by atoms with E-state index < -0.39 is 0 Å². The van der Waals surface area contributed by atoms with Crippen LogP contribution < -0.4 is 4.74 Å². The van der Waals surface area contributed by atoms with Crippen molar-refractivity contribution in [3.63, 3.8) is 0 Å². The SMILES string of the molecule is Clc1ccc2cc(OCCCN3CCOCC3)ccc2n1. The summed E-state index contributed by atoms with van der Waals surface area (Å²) >= 11 is 5.88. The molecule has 0 spiro atoms. The summed E-state index contributed by atoms with van der Waals surface area (Å²) in [6, 6.07) is 9.66. The van der Waals surface area contributed by atoms with E-state index in [1.54, 1.807) is 6.07 Å². The van der Waals surface area contributed by atoms with Gasteiger partial charge in [-0.1, -0.05) is 11.6 Å². The maximum absolute atomic E-state index is 5.88. The number of benzene rings is 1. The number of hydrogen-bond donors (Lipinski definition) is 0. The average molecular weight is 307 g/mol. The van der Waals surface area contributed by atoms with Gasteiger partial charge < -0.3 is 9.47 Å². The van der Waals surface area contributed by atoms with E-state index in [9.17, 15) is 0 Å². The van der Waals surface area contributed by atoms with Gasteiger partial charge in [0.25, 0.3) is 0 Å². The van der Waals surface area contributed by atoms with Crippen molar-refractivity contribution in [3.8, 4) is 5.75 Å². The number of nitrogens with zero attached hydrogens (tertiary/aromatic N) is 2. The number of halogens is 1. The Bertz CT molecular complexity index is 600. The molecule has 0 saturated carbocycles. The summed E-state index contributed by atoms with van der Waals surface area (Å²) in [5, 5.41) is 1.56. The van der Waals surface area contributed by atoms with Gasteiger partial charge in [-0.3, -0.25) is 4.90 Å². The summed E-state index contributed by atoms with van der Waals surface area (Å²) in [5.74, 6) is 0.883. The smallest absolute Gasteiger partial charge is 0.129 e. The number of rotatable bonds is 5. The highest BCUT2D eigenvalue weighted by Crippen LogP contribution is 2.21. The predicted molar refractivity (Wildman–Crippen MR) is 84.1 cm³/mol.